The molecular formula is C30H33ClN6O2. The Balaban J connectivity index is 1.35. The second kappa shape index (κ2) is 12.3. The lowest BCUT2D eigenvalue weighted by Gasteiger charge is -2.29. The summed E-state index contributed by atoms with van der Waals surface area (Å²) in [5, 5.41) is 14.7. The van der Waals surface area contributed by atoms with Gasteiger partial charge in [0.1, 0.15) is 11.7 Å². The third kappa shape index (κ3) is 6.57. The van der Waals surface area contributed by atoms with Crippen LogP contribution in [0, 0.1) is 5.41 Å². The molecule has 3 heterocycles. The zero-order valence-electron chi connectivity index (χ0n) is 21.9. The molecule has 0 radical (unpaired) electrons. The first-order chi connectivity index (χ1) is 19.0. The number of piperidine rings is 2. The van der Waals surface area contributed by atoms with Crippen molar-refractivity contribution < 1.29 is 9.59 Å². The molecule has 2 aromatic carbocycles. The fourth-order valence-corrected chi connectivity index (χ4v) is 5.20. The van der Waals surface area contributed by atoms with Crippen molar-refractivity contribution in [1.82, 2.24) is 9.88 Å². The Morgan fingerprint density at radius 1 is 0.769 bits per heavy atom. The molecule has 3 aromatic rings. The molecule has 2 fully saturated rings. The van der Waals surface area contributed by atoms with Crippen LogP contribution in [0.15, 0.2) is 60.8 Å². The van der Waals surface area contributed by atoms with Crippen molar-refractivity contribution in [2.45, 2.75) is 38.5 Å². The summed E-state index contributed by atoms with van der Waals surface area (Å²) in [5.41, 5.74) is 2.96. The van der Waals surface area contributed by atoms with Gasteiger partial charge in [0.2, 0.25) is 0 Å². The molecule has 202 valence electrons. The third-order valence-electron chi connectivity index (χ3n) is 7.28. The molecule has 0 aliphatic carbocycles. The molecule has 3 N–H and O–H groups in total. The summed E-state index contributed by atoms with van der Waals surface area (Å²) in [7, 11) is 0. The molecule has 0 atom stereocenters. The highest BCUT2D eigenvalue weighted by atomic mass is 35.5. The Labute approximate surface area is 233 Å². The van der Waals surface area contributed by atoms with Crippen molar-refractivity contribution in [2.75, 3.05) is 41.7 Å². The lowest BCUT2D eigenvalue weighted by atomic mass is 10.1. The number of halogens is 1. The number of aromatic nitrogens is 1. The lowest BCUT2D eigenvalue weighted by molar-refractivity contribution is 0.102. The van der Waals surface area contributed by atoms with Gasteiger partial charge in [0, 0.05) is 49.2 Å². The number of anilines is 3. The van der Waals surface area contributed by atoms with E-state index < -0.39 is 0 Å². The lowest BCUT2D eigenvalue weighted by Crippen LogP contribution is -2.35. The molecule has 8 nitrogen and oxygen atoms in total. The van der Waals surface area contributed by atoms with Gasteiger partial charge in [-0.3, -0.25) is 15.0 Å². The Kier molecular flexibility index (Phi) is 8.42. The summed E-state index contributed by atoms with van der Waals surface area (Å²) >= 11 is 5.94. The second-order valence-corrected chi connectivity index (χ2v) is 10.5. The van der Waals surface area contributed by atoms with Gasteiger partial charge in [0.05, 0.1) is 16.3 Å². The molecule has 0 bridgehead atoms. The zero-order chi connectivity index (χ0) is 27.2. The van der Waals surface area contributed by atoms with E-state index in [2.05, 4.69) is 25.4 Å². The summed E-state index contributed by atoms with van der Waals surface area (Å²) < 4.78 is 0. The van der Waals surface area contributed by atoms with Crippen LogP contribution in [-0.4, -0.2) is 53.7 Å². The van der Waals surface area contributed by atoms with Gasteiger partial charge >= 0.3 is 0 Å². The molecule has 9 heteroatoms. The number of carbonyl (C=O) groups is 2. The summed E-state index contributed by atoms with van der Waals surface area (Å²) in [5.74, 6) is 0.168. The van der Waals surface area contributed by atoms with Crippen LogP contribution in [0.4, 0.5) is 17.2 Å². The monoisotopic (exact) mass is 544 g/mol. The summed E-state index contributed by atoms with van der Waals surface area (Å²) in [6, 6.07) is 15.9. The van der Waals surface area contributed by atoms with Crippen LogP contribution in [0.1, 0.15) is 64.8 Å². The highest BCUT2D eigenvalue weighted by Crippen LogP contribution is 2.27. The van der Waals surface area contributed by atoms with Gasteiger partial charge in [-0.2, -0.15) is 0 Å². The summed E-state index contributed by atoms with van der Waals surface area (Å²) in [4.78, 5) is 35.1. The Bertz CT molecular complexity index is 1330. The molecule has 1 aromatic heterocycles. The normalized spacial score (nSPS) is 15.5. The first kappa shape index (κ1) is 26.7. The van der Waals surface area contributed by atoms with Gasteiger partial charge in [-0.05, 0) is 81.0 Å². The van der Waals surface area contributed by atoms with E-state index in [9.17, 15) is 9.59 Å². The predicted octanol–water partition coefficient (Wildman–Crippen LogP) is 6.04. The number of carbonyl (C=O) groups excluding carboxylic acids is 2. The average molecular weight is 545 g/mol. The van der Waals surface area contributed by atoms with E-state index in [1.807, 2.05) is 24.3 Å². The maximum Gasteiger partial charge on any atom is 0.259 e. The fraction of sp³-hybridized carbons (Fsp3) is 0.333. The number of hydrogen-bond acceptors (Lipinski definition) is 5. The van der Waals surface area contributed by atoms with Gasteiger partial charge < -0.3 is 20.4 Å². The van der Waals surface area contributed by atoms with E-state index in [0.29, 0.717) is 33.5 Å². The molecule has 0 spiro atoms. The molecule has 2 saturated heterocycles. The summed E-state index contributed by atoms with van der Waals surface area (Å²) in [6.07, 6.45) is 8.31. The van der Waals surface area contributed by atoms with E-state index in [1.165, 1.54) is 19.0 Å². The van der Waals surface area contributed by atoms with Crippen molar-refractivity contribution in [3.05, 3.63) is 82.5 Å². The van der Waals surface area contributed by atoms with Crippen molar-refractivity contribution in [3.63, 3.8) is 0 Å². The van der Waals surface area contributed by atoms with Crippen molar-refractivity contribution >= 4 is 46.4 Å². The number of nitrogens with one attached hydrogen (secondary N) is 3. The minimum absolute atomic E-state index is 0.324. The number of amidine groups is 1. The Hall–Kier alpha value is -3.91. The first-order valence-electron chi connectivity index (χ1n) is 13.5. The van der Waals surface area contributed by atoms with E-state index in [1.54, 1.807) is 30.3 Å². The Morgan fingerprint density at radius 2 is 1.44 bits per heavy atom. The minimum Gasteiger partial charge on any atom is -0.372 e. The van der Waals surface area contributed by atoms with Crippen LogP contribution in [0.3, 0.4) is 0 Å². The number of likely N-dealkylation sites (tertiary alicyclic amines) is 1. The molecular weight excluding hydrogens is 512 g/mol. The molecule has 39 heavy (non-hydrogen) atoms. The van der Waals surface area contributed by atoms with E-state index in [4.69, 9.17) is 17.0 Å². The standard InChI is InChI=1S/C30H33ClN6O2/c31-23-11-14-27(33-20-23)35-30(39)25-19-24(36-15-3-1-4-16-36)12-13-26(25)34-29(38)22-9-7-21(8-10-22)28(32)37-17-5-2-6-18-37/h7-14,19-20,32H,1-6,15-18H2,(H,34,38)(H,33,35,39). The van der Waals surface area contributed by atoms with E-state index in [0.717, 1.165) is 63.1 Å². The number of benzene rings is 2. The van der Waals surface area contributed by atoms with Gasteiger partial charge in [-0.15, -0.1) is 0 Å². The number of hydrogen-bond donors (Lipinski definition) is 3. The van der Waals surface area contributed by atoms with E-state index in [-0.39, 0.29) is 11.8 Å². The van der Waals surface area contributed by atoms with Crippen molar-refractivity contribution in [2.24, 2.45) is 0 Å². The van der Waals surface area contributed by atoms with Gasteiger partial charge in [-0.25, -0.2) is 4.98 Å². The minimum atomic E-state index is -0.371. The van der Waals surface area contributed by atoms with Crippen LogP contribution >= 0.6 is 11.6 Å². The smallest absolute Gasteiger partial charge is 0.259 e. The SMILES string of the molecule is N=C(c1ccc(C(=O)Nc2ccc(N3CCCCC3)cc2C(=O)Nc2ccc(Cl)cn2)cc1)N1CCCCC1. The number of amides is 2. The van der Waals surface area contributed by atoms with E-state index >= 15 is 0 Å². The molecule has 2 amide bonds. The maximum atomic E-state index is 13.4. The first-order valence-corrected chi connectivity index (χ1v) is 13.9. The predicted molar refractivity (Wildman–Crippen MR) is 156 cm³/mol. The highest BCUT2D eigenvalue weighted by molar-refractivity contribution is 6.30. The molecule has 0 saturated carbocycles. The van der Waals surface area contributed by atoms with Gasteiger partial charge in [0.15, 0.2) is 0 Å². The van der Waals surface area contributed by atoms with Crippen LogP contribution in [0.25, 0.3) is 0 Å². The number of pyridine rings is 1. The van der Waals surface area contributed by atoms with Crippen molar-refractivity contribution in [1.29, 1.82) is 5.41 Å². The van der Waals surface area contributed by atoms with Crippen LogP contribution in [-0.2, 0) is 0 Å². The maximum absolute atomic E-state index is 13.4. The molecule has 0 unspecified atom stereocenters. The highest BCUT2D eigenvalue weighted by Gasteiger charge is 2.20. The average Bonchev–Trinajstić information content (AvgIpc) is 2.99. The van der Waals surface area contributed by atoms with Crippen LogP contribution in [0.5, 0.6) is 0 Å². The Morgan fingerprint density at radius 3 is 2.10 bits per heavy atom. The topological polar surface area (TPSA) is 101 Å². The van der Waals surface area contributed by atoms with Gasteiger partial charge in [0.25, 0.3) is 11.8 Å². The second-order valence-electron chi connectivity index (χ2n) is 10.0. The molecule has 2 aliphatic heterocycles. The van der Waals surface area contributed by atoms with Crippen LogP contribution < -0.4 is 15.5 Å². The number of rotatable bonds is 6. The number of nitrogens with zero attached hydrogens (tertiary/aromatic N) is 3. The van der Waals surface area contributed by atoms with Crippen LogP contribution in [0.2, 0.25) is 5.02 Å². The quantitative estimate of drug-likeness (QED) is 0.259. The molecule has 5 rings (SSSR count). The largest absolute Gasteiger partial charge is 0.372 e. The fourth-order valence-electron chi connectivity index (χ4n) is 5.09. The summed E-state index contributed by atoms with van der Waals surface area (Å²) in [6.45, 7) is 3.66. The zero-order valence-corrected chi connectivity index (χ0v) is 22.6. The third-order valence-corrected chi connectivity index (χ3v) is 7.50. The molecule has 2 aliphatic rings. The van der Waals surface area contributed by atoms with Crippen molar-refractivity contribution in [3.8, 4) is 0 Å². The van der Waals surface area contributed by atoms with Gasteiger partial charge in [-0.1, -0.05) is 23.7 Å².